The van der Waals surface area contributed by atoms with Crippen molar-refractivity contribution in [1.29, 1.82) is 0 Å². The third-order valence-electron chi connectivity index (χ3n) is 3.57. The van der Waals surface area contributed by atoms with Crippen molar-refractivity contribution in [2.45, 2.75) is 58.3 Å². The van der Waals surface area contributed by atoms with Crippen LogP contribution in [-0.4, -0.2) is 60.7 Å². The minimum atomic E-state index is -4.21. The Morgan fingerprint density at radius 1 is 1.16 bits per heavy atom. The van der Waals surface area contributed by atoms with Crippen LogP contribution in [-0.2, 0) is 32.2 Å². The predicted molar refractivity (Wildman–Crippen MR) is 91.6 cm³/mol. The first-order valence-electron chi connectivity index (χ1n) is 8.54. The van der Waals surface area contributed by atoms with Crippen LogP contribution in [0, 0.1) is 0 Å². The van der Waals surface area contributed by atoms with E-state index in [1.54, 1.807) is 13.8 Å². The van der Waals surface area contributed by atoms with Crippen LogP contribution in [0.4, 0.5) is 0 Å². The van der Waals surface area contributed by atoms with Crippen LogP contribution in [0.15, 0.2) is 0 Å². The van der Waals surface area contributed by atoms with Crippen LogP contribution in [0.25, 0.3) is 0 Å². The lowest BCUT2D eigenvalue weighted by atomic mass is 10.1. The van der Waals surface area contributed by atoms with Crippen molar-refractivity contribution in [3.63, 3.8) is 0 Å². The van der Waals surface area contributed by atoms with Crippen molar-refractivity contribution < 1.29 is 42.0 Å². The Balaban J connectivity index is 2.51. The van der Waals surface area contributed by atoms with Crippen molar-refractivity contribution in [3.05, 3.63) is 0 Å². The summed E-state index contributed by atoms with van der Waals surface area (Å²) < 4.78 is 49.6. The Morgan fingerprint density at radius 3 is 2.52 bits per heavy atom. The van der Waals surface area contributed by atoms with Crippen LogP contribution in [0.1, 0.15) is 40.0 Å². The fourth-order valence-electron chi connectivity index (χ4n) is 2.28. The average molecular weight is 404 g/mol. The second kappa shape index (κ2) is 11.1. The zero-order valence-corrected chi connectivity index (χ0v) is 16.8. The maximum Gasteiger partial charge on any atom is 0.472 e. The topological polar surface area (TPSA) is 121 Å². The molecule has 9 nitrogen and oxygen atoms in total. The molecule has 1 fully saturated rings. The van der Waals surface area contributed by atoms with Gasteiger partial charge in [0.05, 0.1) is 32.1 Å². The molecule has 3 unspecified atom stereocenters. The number of unbranched alkanes of at least 4 members (excludes halogenated alkanes) is 1. The average Bonchev–Trinajstić information content (AvgIpc) is 2.84. The summed E-state index contributed by atoms with van der Waals surface area (Å²) >= 11 is 0. The molecule has 1 saturated heterocycles. The van der Waals surface area contributed by atoms with Gasteiger partial charge in [-0.15, -0.1) is 0 Å². The summed E-state index contributed by atoms with van der Waals surface area (Å²) in [6.07, 6.45) is 0.00412. The van der Waals surface area contributed by atoms with Crippen LogP contribution in [0.5, 0.6) is 0 Å². The van der Waals surface area contributed by atoms with E-state index in [1.807, 2.05) is 6.92 Å². The Kier molecular flexibility index (Phi) is 10.3. The highest BCUT2D eigenvalue weighted by molar-refractivity contribution is 7.52. The summed E-state index contributed by atoms with van der Waals surface area (Å²) in [6.45, 7) is 5.97. The van der Waals surface area contributed by atoms with Gasteiger partial charge in [0, 0.05) is 13.0 Å². The number of hydrogen-bond acceptors (Lipinski definition) is 7. The lowest BCUT2D eigenvalue weighted by Gasteiger charge is -2.22. The summed E-state index contributed by atoms with van der Waals surface area (Å²) in [5.41, 5.74) is 0. The van der Waals surface area contributed by atoms with Gasteiger partial charge in [-0.3, -0.25) is 13.6 Å². The van der Waals surface area contributed by atoms with Crippen LogP contribution < -0.4 is 0 Å². The van der Waals surface area contributed by atoms with Crippen molar-refractivity contribution in [2.75, 3.05) is 32.6 Å². The van der Waals surface area contributed by atoms with E-state index in [4.69, 9.17) is 23.0 Å². The number of phosphoric ester groups is 1. The van der Waals surface area contributed by atoms with Gasteiger partial charge in [0.2, 0.25) is 0 Å². The molecule has 1 aliphatic heterocycles. The fraction of sp³-hybridized carbons (Fsp3) is 1.00. The molecule has 5 atom stereocenters. The van der Waals surface area contributed by atoms with E-state index in [-0.39, 0.29) is 32.1 Å². The quantitative estimate of drug-likeness (QED) is 0.352. The van der Waals surface area contributed by atoms with E-state index in [2.05, 4.69) is 0 Å². The zero-order chi connectivity index (χ0) is 18.9. The highest BCUT2D eigenvalue weighted by Crippen LogP contribution is 2.48. The zero-order valence-electron chi connectivity index (χ0n) is 15.0. The predicted octanol–water partition coefficient (Wildman–Crippen LogP) is 2.70. The minimum Gasteiger partial charge on any atom is -0.381 e. The van der Waals surface area contributed by atoms with E-state index in [0.29, 0.717) is 19.4 Å². The van der Waals surface area contributed by atoms with Gasteiger partial charge in [-0.05, 0) is 20.3 Å². The molecule has 0 saturated carbocycles. The van der Waals surface area contributed by atoms with Crippen molar-refractivity contribution in [3.8, 4) is 0 Å². The number of phosphoric acid groups is 1. The number of ether oxygens (including phenoxy) is 2. The second-order valence-corrected chi connectivity index (χ2v) is 9.26. The molecule has 1 aliphatic rings. The molecule has 1 heterocycles. The summed E-state index contributed by atoms with van der Waals surface area (Å²) in [6, 6.07) is 0. The van der Waals surface area contributed by atoms with Gasteiger partial charge in [0.15, 0.2) is 0 Å². The van der Waals surface area contributed by atoms with E-state index in [0.717, 1.165) is 6.42 Å². The molecule has 0 aromatic rings. The van der Waals surface area contributed by atoms with Crippen LogP contribution in [0.2, 0.25) is 0 Å². The minimum absolute atomic E-state index is 0.114. The number of rotatable bonds is 13. The standard InChI is InChI=1S/C14H30O9P2/c1-4-6-7-20-25(17,18)23-13-10-12(3)22-14(13)11-21-24(15,16)9-8-19-5-2/h12-14H,4-11H2,1-3H3,(H,15,16)(H,17,18)/t12-,13?,14+/m0/s1. The first kappa shape index (κ1) is 23.2. The third-order valence-corrected chi connectivity index (χ3v) is 5.92. The normalized spacial score (nSPS) is 28.6. The molecule has 0 aromatic heterocycles. The molecular formula is C14H30O9P2. The number of hydrogen-bond donors (Lipinski definition) is 2. The highest BCUT2D eigenvalue weighted by Gasteiger charge is 2.40. The van der Waals surface area contributed by atoms with Gasteiger partial charge in [-0.2, -0.15) is 0 Å². The van der Waals surface area contributed by atoms with Gasteiger partial charge < -0.3 is 23.8 Å². The van der Waals surface area contributed by atoms with Gasteiger partial charge in [0.25, 0.3) is 0 Å². The van der Waals surface area contributed by atoms with Gasteiger partial charge in [-0.25, -0.2) is 4.57 Å². The molecule has 2 N–H and O–H groups in total. The lowest BCUT2D eigenvalue weighted by molar-refractivity contribution is -0.0155. The molecule has 0 aromatic carbocycles. The Bertz CT molecular complexity index is 473. The first-order valence-corrected chi connectivity index (χ1v) is 11.8. The third kappa shape index (κ3) is 9.61. The molecule has 150 valence electrons. The van der Waals surface area contributed by atoms with Gasteiger partial charge in [0.1, 0.15) is 12.2 Å². The van der Waals surface area contributed by atoms with E-state index >= 15 is 0 Å². The van der Waals surface area contributed by atoms with E-state index in [1.165, 1.54) is 0 Å². The SMILES string of the molecule is CCCCOP(=O)(O)OC1C[C@H](C)O[C@@H]1COP(=O)(O)CCOCC. The van der Waals surface area contributed by atoms with Crippen LogP contribution in [0.3, 0.4) is 0 Å². The summed E-state index contributed by atoms with van der Waals surface area (Å²) in [4.78, 5) is 19.5. The van der Waals surface area contributed by atoms with Crippen molar-refractivity contribution in [1.82, 2.24) is 0 Å². The maximum atomic E-state index is 12.0. The Morgan fingerprint density at radius 2 is 1.88 bits per heavy atom. The monoisotopic (exact) mass is 404 g/mol. The van der Waals surface area contributed by atoms with E-state index in [9.17, 15) is 18.9 Å². The van der Waals surface area contributed by atoms with Crippen molar-refractivity contribution >= 4 is 15.4 Å². The molecule has 0 aliphatic carbocycles. The Labute approximate surface area is 149 Å². The molecular weight excluding hydrogens is 374 g/mol. The molecule has 1 rings (SSSR count). The molecule has 0 amide bonds. The molecule has 11 heteroatoms. The molecule has 0 spiro atoms. The van der Waals surface area contributed by atoms with E-state index < -0.39 is 27.6 Å². The van der Waals surface area contributed by atoms with Gasteiger partial charge >= 0.3 is 15.4 Å². The van der Waals surface area contributed by atoms with Gasteiger partial charge in [-0.1, -0.05) is 13.3 Å². The summed E-state index contributed by atoms with van der Waals surface area (Å²) in [7, 11) is -8.03. The maximum absolute atomic E-state index is 12.0. The summed E-state index contributed by atoms with van der Waals surface area (Å²) in [5.74, 6) is 0. The molecule has 0 bridgehead atoms. The lowest BCUT2D eigenvalue weighted by Crippen LogP contribution is -2.28. The first-order chi connectivity index (χ1) is 11.7. The molecule has 25 heavy (non-hydrogen) atoms. The fourth-order valence-corrected chi connectivity index (χ4v) is 4.14. The summed E-state index contributed by atoms with van der Waals surface area (Å²) in [5, 5.41) is 0. The van der Waals surface area contributed by atoms with Crippen LogP contribution >= 0.6 is 15.4 Å². The molecule has 0 radical (unpaired) electrons. The smallest absolute Gasteiger partial charge is 0.381 e. The largest absolute Gasteiger partial charge is 0.472 e. The second-order valence-electron chi connectivity index (χ2n) is 5.87. The Hall–Kier alpha value is 0.180. The van der Waals surface area contributed by atoms with Crippen molar-refractivity contribution in [2.24, 2.45) is 0 Å². The highest BCUT2D eigenvalue weighted by atomic mass is 31.2.